The number of aromatic amines is 1. The Bertz CT molecular complexity index is 744. The van der Waals surface area contributed by atoms with Gasteiger partial charge in [0.2, 0.25) is 0 Å². The smallest absolute Gasteiger partial charge is 0.198 e. The highest BCUT2D eigenvalue weighted by atomic mass is 16.5. The molecule has 0 aliphatic rings. The minimum absolute atomic E-state index is 0.481. The van der Waals surface area contributed by atoms with Crippen molar-refractivity contribution in [2.24, 2.45) is 0 Å². The summed E-state index contributed by atoms with van der Waals surface area (Å²) in [7, 11) is 0. The Balaban J connectivity index is 2.21. The SMILES string of the molecule is CCOc1cc2ncnc(-c3nnn[nH]3)c2cc1OCC. The van der Waals surface area contributed by atoms with Crippen molar-refractivity contribution in [3.63, 3.8) is 0 Å². The van der Waals surface area contributed by atoms with Crippen molar-refractivity contribution < 1.29 is 9.47 Å². The van der Waals surface area contributed by atoms with Crippen LogP contribution in [0.2, 0.25) is 0 Å². The van der Waals surface area contributed by atoms with Crippen LogP contribution in [0.25, 0.3) is 22.4 Å². The van der Waals surface area contributed by atoms with Gasteiger partial charge in [0.05, 0.1) is 18.7 Å². The normalized spacial score (nSPS) is 10.8. The highest BCUT2D eigenvalue weighted by molar-refractivity contribution is 5.92. The predicted molar refractivity (Wildman–Crippen MR) is 75.0 cm³/mol. The number of hydrogen-bond acceptors (Lipinski definition) is 7. The van der Waals surface area contributed by atoms with E-state index in [0.29, 0.717) is 36.2 Å². The first-order valence-electron chi connectivity index (χ1n) is 6.62. The molecule has 0 aliphatic heterocycles. The predicted octanol–water partition coefficient (Wildman–Crippen LogP) is 1.61. The Morgan fingerprint density at radius 2 is 1.81 bits per heavy atom. The molecule has 3 aromatic rings. The number of tetrazole rings is 1. The first kappa shape index (κ1) is 13.2. The number of fused-ring (bicyclic) bond motifs is 1. The van der Waals surface area contributed by atoms with Crippen molar-refractivity contribution in [3.8, 4) is 23.0 Å². The van der Waals surface area contributed by atoms with Gasteiger partial charge in [-0.05, 0) is 30.3 Å². The monoisotopic (exact) mass is 286 g/mol. The summed E-state index contributed by atoms with van der Waals surface area (Å²) in [6.45, 7) is 4.93. The summed E-state index contributed by atoms with van der Waals surface area (Å²) < 4.78 is 11.2. The van der Waals surface area contributed by atoms with Gasteiger partial charge >= 0.3 is 0 Å². The molecule has 0 aliphatic carbocycles. The molecular weight excluding hydrogens is 272 g/mol. The number of aromatic nitrogens is 6. The van der Waals surface area contributed by atoms with E-state index in [1.807, 2.05) is 26.0 Å². The Morgan fingerprint density at radius 1 is 1.05 bits per heavy atom. The summed E-state index contributed by atoms with van der Waals surface area (Å²) >= 11 is 0. The summed E-state index contributed by atoms with van der Waals surface area (Å²) in [5.74, 6) is 1.79. The maximum atomic E-state index is 5.63. The zero-order valence-corrected chi connectivity index (χ0v) is 11.7. The lowest BCUT2D eigenvalue weighted by atomic mass is 10.1. The second-order valence-corrected chi connectivity index (χ2v) is 4.15. The molecule has 1 N–H and O–H groups in total. The highest BCUT2D eigenvalue weighted by Gasteiger charge is 2.14. The lowest BCUT2D eigenvalue weighted by Crippen LogP contribution is -2.00. The van der Waals surface area contributed by atoms with Gasteiger partial charge in [-0.1, -0.05) is 0 Å². The fourth-order valence-electron chi connectivity index (χ4n) is 2.05. The minimum atomic E-state index is 0.481. The Hall–Kier alpha value is -2.77. The topological polar surface area (TPSA) is 98.7 Å². The number of H-pyrrole nitrogens is 1. The largest absolute Gasteiger partial charge is 0.490 e. The molecule has 0 atom stereocenters. The average molecular weight is 286 g/mol. The van der Waals surface area contributed by atoms with Crippen molar-refractivity contribution >= 4 is 10.9 Å². The van der Waals surface area contributed by atoms with Crippen LogP contribution in [-0.2, 0) is 0 Å². The van der Waals surface area contributed by atoms with Crippen LogP contribution in [0, 0.1) is 0 Å². The van der Waals surface area contributed by atoms with Gasteiger partial charge in [0.25, 0.3) is 0 Å². The third-order valence-electron chi connectivity index (χ3n) is 2.87. The number of nitrogens with one attached hydrogen (secondary N) is 1. The number of benzene rings is 1. The molecule has 21 heavy (non-hydrogen) atoms. The van der Waals surface area contributed by atoms with Gasteiger partial charge in [0.1, 0.15) is 12.0 Å². The highest BCUT2D eigenvalue weighted by Crippen LogP contribution is 2.34. The molecule has 1 aromatic carbocycles. The molecule has 0 saturated carbocycles. The molecule has 8 heteroatoms. The van der Waals surface area contributed by atoms with E-state index in [2.05, 4.69) is 30.6 Å². The van der Waals surface area contributed by atoms with Crippen molar-refractivity contribution in [2.75, 3.05) is 13.2 Å². The second-order valence-electron chi connectivity index (χ2n) is 4.15. The van der Waals surface area contributed by atoms with Gasteiger partial charge in [-0.2, -0.15) is 0 Å². The number of nitrogens with zero attached hydrogens (tertiary/aromatic N) is 5. The second kappa shape index (κ2) is 5.70. The zero-order chi connectivity index (χ0) is 14.7. The van der Waals surface area contributed by atoms with E-state index >= 15 is 0 Å². The molecule has 0 amide bonds. The fourth-order valence-corrected chi connectivity index (χ4v) is 2.05. The van der Waals surface area contributed by atoms with Crippen molar-refractivity contribution in [2.45, 2.75) is 13.8 Å². The van der Waals surface area contributed by atoms with E-state index in [9.17, 15) is 0 Å². The van der Waals surface area contributed by atoms with Crippen LogP contribution in [0.3, 0.4) is 0 Å². The number of ether oxygens (including phenoxy) is 2. The molecule has 0 saturated heterocycles. The van der Waals surface area contributed by atoms with Crippen molar-refractivity contribution in [1.29, 1.82) is 0 Å². The molecule has 0 fully saturated rings. The Morgan fingerprint density at radius 3 is 2.48 bits per heavy atom. The lowest BCUT2D eigenvalue weighted by Gasteiger charge is -2.12. The summed E-state index contributed by atoms with van der Waals surface area (Å²) in [6, 6.07) is 3.68. The van der Waals surface area contributed by atoms with E-state index in [1.54, 1.807) is 0 Å². The molecule has 0 bridgehead atoms. The molecule has 8 nitrogen and oxygen atoms in total. The Kier molecular flexibility index (Phi) is 3.59. The van der Waals surface area contributed by atoms with Gasteiger partial charge in [-0.25, -0.2) is 15.1 Å². The lowest BCUT2D eigenvalue weighted by molar-refractivity contribution is 0.288. The Labute approximate surface area is 120 Å². The van der Waals surface area contributed by atoms with Gasteiger partial charge in [0, 0.05) is 11.5 Å². The summed E-state index contributed by atoms with van der Waals surface area (Å²) in [4.78, 5) is 8.51. The van der Waals surface area contributed by atoms with E-state index in [0.717, 1.165) is 10.9 Å². The van der Waals surface area contributed by atoms with Crippen molar-refractivity contribution in [1.82, 2.24) is 30.6 Å². The maximum absolute atomic E-state index is 5.63. The third kappa shape index (κ3) is 2.47. The molecular formula is C13H14N6O2. The summed E-state index contributed by atoms with van der Waals surface area (Å²) in [6.07, 6.45) is 1.47. The molecule has 2 heterocycles. The number of hydrogen-bond donors (Lipinski definition) is 1. The van der Waals surface area contributed by atoms with Crippen LogP contribution in [0.4, 0.5) is 0 Å². The van der Waals surface area contributed by atoms with Crippen LogP contribution in [0.5, 0.6) is 11.5 Å². The maximum Gasteiger partial charge on any atom is 0.198 e. The van der Waals surface area contributed by atoms with Crippen LogP contribution in [-0.4, -0.2) is 43.8 Å². The molecule has 108 valence electrons. The van der Waals surface area contributed by atoms with Crippen LogP contribution in [0.15, 0.2) is 18.5 Å². The molecule has 3 rings (SSSR count). The quantitative estimate of drug-likeness (QED) is 0.760. The van der Waals surface area contributed by atoms with Crippen LogP contribution < -0.4 is 9.47 Å². The van der Waals surface area contributed by atoms with Crippen molar-refractivity contribution in [3.05, 3.63) is 18.5 Å². The fraction of sp³-hybridized carbons (Fsp3) is 0.308. The average Bonchev–Trinajstić information content (AvgIpc) is 3.02. The molecule has 0 spiro atoms. The first-order valence-corrected chi connectivity index (χ1v) is 6.62. The van der Waals surface area contributed by atoms with Crippen LogP contribution in [0.1, 0.15) is 13.8 Å². The molecule has 0 unspecified atom stereocenters. The van der Waals surface area contributed by atoms with Crippen LogP contribution >= 0.6 is 0 Å². The van der Waals surface area contributed by atoms with Gasteiger partial charge < -0.3 is 9.47 Å². The minimum Gasteiger partial charge on any atom is -0.490 e. The van der Waals surface area contributed by atoms with Gasteiger partial charge in [-0.3, -0.25) is 0 Å². The zero-order valence-electron chi connectivity index (χ0n) is 11.7. The standard InChI is InChI=1S/C13H14N6O2/c1-3-20-10-5-8-9(6-11(10)21-4-2)14-7-15-12(8)13-16-18-19-17-13/h5-7H,3-4H2,1-2H3,(H,16,17,18,19). The van der Waals surface area contributed by atoms with Gasteiger partial charge in [0.15, 0.2) is 17.3 Å². The number of rotatable bonds is 5. The summed E-state index contributed by atoms with van der Waals surface area (Å²) in [5, 5.41) is 14.5. The van der Waals surface area contributed by atoms with E-state index in [4.69, 9.17) is 9.47 Å². The van der Waals surface area contributed by atoms with E-state index < -0.39 is 0 Å². The molecule has 2 aromatic heterocycles. The first-order chi connectivity index (χ1) is 10.3. The van der Waals surface area contributed by atoms with E-state index in [-0.39, 0.29) is 0 Å². The third-order valence-corrected chi connectivity index (χ3v) is 2.87. The van der Waals surface area contributed by atoms with E-state index in [1.165, 1.54) is 6.33 Å². The van der Waals surface area contributed by atoms with Gasteiger partial charge in [-0.15, -0.1) is 5.10 Å². The summed E-state index contributed by atoms with van der Waals surface area (Å²) in [5.41, 5.74) is 1.36. The molecule has 0 radical (unpaired) electrons.